The molecule has 0 atom stereocenters. The lowest BCUT2D eigenvalue weighted by atomic mass is 10.3. The molecule has 1 aromatic heterocycles. The molecule has 1 aromatic carbocycles. The predicted molar refractivity (Wildman–Crippen MR) is 82.3 cm³/mol. The van der Waals surface area contributed by atoms with Crippen LogP contribution in [0.5, 0.6) is 5.75 Å². The second-order valence-corrected chi connectivity index (χ2v) is 4.40. The molecule has 0 spiro atoms. The third kappa shape index (κ3) is 4.70. The summed E-state index contributed by atoms with van der Waals surface area (Å²) in [7, 11) is 1.24. The van der Waals surface area contributed by atoms with Gasteiger partial charge >= 0.3 is 6.09 Å². The molecule has 0 unspecified atom stereocenters. The average Bonchev–Trinajstić information content (AvgIpc) is 2.96. The Kier molecular flexibility index (Phi) is 5.50. The van der Waals surface area contributed by atoms with E-state index in [9.17, 15) is 9.59 Å². The van der Waals surface area contributed by atoms with Gasteiger partial charge in [-0.05, 0) is 19.1 Å². The molecule has 0 aliphatic rings. The Hall–Kier alpha value is -3.10. The number of carbonyl (C=O) groups is 2. The second kappa shape index (κ2) is 7.78. The van der Waals surface area contributed by atoms with Gasteiger partial charge in [0.15, 0.2) is 5.82 Å². The van der Waals surface area contributed by atoms with Crippen molar-refractivity contribution in [1.29, 1.82) is 0 Å². The number of carbonyl (C=O) groups excluding carboxylic acids is 2. The minimum Gasteiger partial charge on any atom is -0.492 e. The maximum absolute atomic E-state index is 12.1. The third-order valence-electron chi connectivity index (χ3n) is 2.72. The fraction of sp³-hybridized carbons (Fsp3) is 0.286. The average molecular weight is 319 g/mol. The first kappa shape index (κ1) is 16.3. The highest BCUT2D eigenvalue weighted by Crippen LogP contribution is 2.23. The van der Waals surface area contributed by atoms with Crippen LogP contribution in [0, 0.1) is 0 Å². The summed E-state index contributed by atoms with van der Waals surface area (Å²) in [6.45, 7) is 2.30. The number of nitrogens with one attached hydrogen (secondary N) is 2. The molecule has 0 bridgehead atoms. The van der Waals surface area contributed by atoms with Crippen molar-refractivity contribution in [2.45, 2.75) is 13.5 Å². The Balaban J connectivity index is 1.96. The highest BCUT2D eigenvalue weighted by atomic mass is 16.5. The van der Waals surface area contributed by atoms with Crippen LogP contribution in [-0.2, 0) is 16.1 Å². The van der Waals surface area contributed by atoms with Gasteiger partial charge in [0.1, 0.15) is 12.3 Å². The number of rotatable bonds is 6. The zero-order chi connectivity index (χ0) is 16.7. The van der Waals surface area contributed by atoms with E-state index in [0.717, 1.165) is 0 Å². The second-order valence-electron chi connectivity index (χ2n) is 4.40. The molecule has 0 aliphatic carbocycles. The summed E-state index contributed by atoms with van der Waals surface area (Å²) in [5, 5.41) is 12.5. The van der Waals surface area contributed by atoms with Crippen molar-refractivity contribution in [3.05, 3.63) is 30.5 Å². The van der Waals surface area contributed by atoms with E-state index in [2.05, 4.69) is 25.7 Å². The lowest BCUT2D eigenvalue weighted by Crippen LogP contribution is -2.19. The van der Waals surface area contributed by atoms with Crippen LogP contribution < -0.4 is 15.4 Å². The highest BCUT2D eigenvalue weighted by molar-refractivity contribution is 5.92. The molecule has 0 saturated heterocycles. The normalized spacial score (nSPS) is 10.0. The molecule has 122 valence electrons. The van der Waals surface area contributed by atoms with Gasteiger partial charge in [-0.1, -0.05) is 17.3 Å². The lowest BCUT2D eigenvalue weighted by molar-refractivity contribution is -0.116. The van der Waals surface area contributed by atoms with Crippen molar-refractivity contribution in [1.82, 2.24) is 15.0 Å². The monoisotopic (exact) mass is 319 g/mol. The molecule has 2 amide bonds. The van der Waals surface area contributed by atoms with Crippen molar-refractivity contribution in [2.24, 2.45) is 0 Å². The first-order valence-electron chi connectivity index (χ1n) is 6.89. The van der Waals surface area contributed by atoms with E-state index in [0.29, 0.717) is 18.0 Å². The van der Waals surface area contributed by atoms with Crippen LogP contribution in [0.1, 0.15) is 6.92 Å². The van der Waals surface area contributed by atoms with Gasteiger partial charge in [0.2, 0.25) is 5.91 Å². The maximum Gasteiger partial charge on any atom is 0.412 e. The van der Waals surface area contributed by atoms with E-state index in [1.807, 2.05) is 13.0 Å². The SMILES string of the molecule is CCOc1ccccc1NC(=O)Cn1cc(NC(=O)OC)nn1. The lowest BCUT2D eigenvalue weighted by Gasteiger charge is -2.10. The first-order chi connectivity index (χ1) is 11.1. The van der Waals surface area contributed by atoms with Crippen LogP contribution in [-0.4, -0.2) is 40.7 Å². The summed E-state index contributed by atoms with van der Waals surface area (Å²) in [6, 6.07) is 7.14. The largest absolute Gasteiger partial charge is 0.492 e. The summed E-state index contributed by atoms with van der Waals surface area (Å²) in [4.78, 5) is 23.1. The number of hydrogen-bond donors (Lipinski definition) is 2. The highest BCUT2D eigenvalue weighted by Gasteiger charge is 2.10. The van der Waals surface area contributed by atoms with E-state index in [-0.39, 0.29) is 18.3 Å². The number of para-hydroxylation sites is 2. The standard InChI is InChI=1S/C14H17N5O4/c1-3-23-11-7-5-4-6-10(11)15-13(20)9-19-8-12(17-18-19)16-14(21)22-2/h4-8H,3,9H2,1-2H3,(H,15,20)(H,16,21). The van der Waals surface area contributed by atoms with E-state index in [4.69, 9.17) is 4.74 Å². The van der Waals surface area contributed by atoms with Crippen molar-refractivity contribution in [2.75, 3.05) is 24.4 Å². The molecule has 2 N–H and O–H groups in total. The summed E-state index contributed by atoms with van der Waals surface area (Å²) in [5.74, 6) is 0.487. The fourth-order valence-corrected chi connectivity index (χ4v) is 1.78. The van der Waals surface area contributed by atoms with Gasteiger partial charge in [-0.2, -0.15) is 0 Å². The van der Waals surface area contributed by atoms with E-state index in [1.165, 1.54) is 18.0 Å². The van der Waals surface area contributed by atoms with Gasteiger partial charge in [0.05, 0.1) is 25.6 Å². The summed E-state index contributed by atoms with van der Waals surface area (Å²) in [5.41, 5.74) is 0.576. The molecule has 0 aliphatic heterocycles. The maximum atomic E-state index is 12.1. The van der Waals surface area contributed by atoms with E-state index >= 15 is 0 Å². The number of nitrogens with zero attached hydrogens (tertiary/aromatic N) is 3. The number of aromatic nitrogens is 3. The molecule has 0 radical (unpaired) electrons. The number of benzene rings is 1. The number of anilines is 2. The molecule has 23 heavy (non-hydrogen) atoms. The third-order valence-corrected chi connectivity index (χ3v) is 2.72. The molecule has 9 heteroatoms. The summed E-state index contributed by atoms with van der Waals surface area (Å²) in [6.07, 6.45) is 0.762. The quantitative estimate of drug-likeness (QED) is 0.835. The molecular formula is C14H17N5O4. The first-order valence-corrected chi connectivity index (χ1v) is 6.89. The number of methoxy groups -OCH3 is 1. The zero-order valence-corrected chi connectivity index (χ0v) is 12.8. The predicted octanol–water partition coefficient (Wildman–Crippen LogP) is 1.49. The van der Waals surface area contributed by atoms with Gasteiger partial charge in [-0.3, -0.25) is 10.1 Å². The van der Waals surface area contributed by atoms with E-state index < -0.39 is 6.09 Å². The smallest absolute Gasteiger partial charge is 0.412 e. The molecule has 9 nitrogen and oxygen atoms in total. The van der Waals surface area contributed by atoms with Gasteiger partial charge in [0, 0.05) is 0 Å². The van der Waals surface area contributed by atoms with Crippen LogP contribution in [0.2, 0.25) is 0 Å². The number of ether oxygens (including phenoxy) is 2. The van der Waals surface area contributed by atoms with Crippen LogP contribution in [0.4, 0.5) is 16.3 Å². The molecule has 0 saturated carbocycles. The van der Waals surface area contributed by atoms with Gasteiger partial charge < -0.3 is 14.8 Å². The topological polar surface area (TPSA) is 107 Å². The van der Waals surface area contributed by atoms with Crippen molar-refractivity contribution < 1.29 is 19.1 Å². The molecule has 0 fully saturated rings. The Morgan fingerprint density at radius 2 is 2.04 bits per heavy atom. The Morgan fingerprint density at radius 3 is 2.78 bits per heavy atom. The molecular weight excluding hydrogens is 302 g/mol. The van der Waals surface area contributed by atoms with Crippen LogP contribution in [0.25, 0.3) is 0 Å². The van der Waals surface area contributed by atoms with Gasteiger partial charge in [-0.25, -0.2) is 9.48 Å². The van der Waals surface area contributed by atoms with Gasteiger partial charge in [0.25, 0.3) is 0 Å². The van der Waals surface area contributed by atoms with Crippen molar-refractivity contribution in [3.63, 3.8) is 0 Å². The zero-order valence-electron chi connectivity index (χ0n) is 12.8. The fourth-order valence-electron chi connectivity index (χ4n) is 1.78. The van der Waals surface area contributed by atoms with Crippen LogP contribution in [0.15, 0.2) is 30.5 Å². The Labute approximate surface area is 132 Å². The van der Waals surface area contributed by atoms with E-state index in [1.54, 1.807) is 18.2 Å². The molecule has 2 aromatic rings. The minimum absolute atomic E-state index is 0.0592. The summed E-state index contributed by atoms with van der Waals surface area (Å²) >= 11 is 0. The Bertz CT molecular complexity index is 685. The number of hydrogen-bond acceptors (Lipinski definition) is 6. The van der Waals surface area contributed by atoms with Crippen molar-refractivity contribution >= 4 is 23.5 Å². The van der Waals surface area contributed by atoms with Crippen molar-refractivity contribution in [3.8, 4) is 5.75 Å². The summed E-state index contributed by atoms with van der Waals surface area (Å²) < 4.78 is 11.2. The number of amides is 2. The van der Waals surface area contributed by atoms with Crippen LogP contribution in [0.3, 0.4) is 0 Å². The molecule has 1 heterocycles. The Morgan fingerprint density at radius 1 is 1.26 bits per heavy atom. The minimum atomic E-state index is -0.660. The van der Waals surface area contributed by atoms with Gasteiger partial charge in [-0.15, -0.1) is 5.10 Å². The van der Waals surface area contributed by atoms with Crippen LogP contribution >= 0.6 is 0 Å². The molecule has 2 rings (SSSR count).